The molecule has 0 aliphatic heterocycles. The predicted octanol–water partition coefficient (Wildman–Crippen LogP) is 5.75. The average Bonchev–Trinajstić information content (AvgIpc) is 2.58. The fourth-order valence-corrected chi connectivity index (χ4v) is 3.95. The molecule has 2 rings (SSSR count). The SMILES string of the molecule is Cc1ccc(C(Br)c2cc(C)c(Br)s2)c(F)c1. The molecule has 1 aromatic heterocycles. The van der Waals surface area contributed by atoms with Crippen LogP contribution in [-0.4, -0.2) is 0 Å². The molecule has 0 aliphatic rings. The summed E-state index contributed by atoms with van der Waals surface area (Å²) in [4.78, 5) is 1.02. The van der Waals surface area contributed by atoms with Gasteiger partial charge in [-0.05, 0) is 53.0 Å². The van der Waals surface area contributed by atoms with Crippen LogP contribution in [0.1, 0.15) is 26.4 Å². The quantitative estimate of drug-likeness (QED) is 0.584. The van der Waals surface area contributed by atoms with Crippen LogP contribution in [0.2, 0.25) is 0 Å². The van der Waals surface area contributed by atoms with Gasteiger partial charge in [-0.15, -0.1) is 11.3 Å². The molecule has 0 saturated heterocycles. The minimum atomic E-state index is -0.158. The van der Waals surface area contributed by atoms with E-state index in [0.717, 1.165) is 14.2 Å². The van der Waals surface area contributed by atoms with Crippen molar-refractivity contribution in [1.29, 1.82) is 0 Å². The minimum Gasteiger partial charge on any atom is -0.207 e. The molecule has 0 N–H and O–H groups in total. The Morgan fingerprint density at radius 1 is 1.24 bits per heavy atom. The lowest BCUT2D eigenvalue weighted by molar-refractivity contribution is 0.613. The molecular formula is C13H11Br2FS. The van der Waals surface area contributed by atoms with Gasteiger partial charge in [0, 0.05) is 10.4 Å². The highest BCUT2D eigenvalue weighted by molar-refractivity contribution is 9.11. The molecule has 0 saturated carbocycles. The fraction of sp³-hybridized carbons (Fsp3) is 0.231. The number of hydrogen-bond donors (Lipinski definition) is 0. The van der Waals surface area contributed by atoms with E-state index in [-0.39, 0.29) is 10.6 Å². The molecule has 4 heteroatoms. The first kappa shape index (κ1) is 13.2. The largest absolute Gasteiger partial charge is 0.207 e. The first-order valence-corrected chi connectivity index (χ1v) is 7.67. The van der Waals surface area contributed by atoms with Gasteiger partial charge in [0.05, 0.1) is 8.61 Å². The molecule has 0 spiro atoms. The van der Waals surface area contributed by atoms with Crippen molar-refractivity contribution in [1.82, 2.24) is 0 Å². The summed E-state index contributed by atoms with van der Waals surface area (Å²) >= 11 is 8.69. The van der Waals surface area contributed by atoms with Crippen molar-refractivity contribution in [3.8, 4) is 0 Å². The summed E-state index contributed by atoms with van der Waals surface area (Å²) in [5.74, 6) is -0.158. The smallest absolute Gasteiger partial charge is 0.128 e. The zero-order valence-electron chi connectivity index (χ0n) is 9.43. The summed E-state index contributed by atoms with van der Waals surface area (Å²) in [6.07, 6.45) is 0. The molecule has 1 unspecified atom stereocenters. The van der Waals surface area contributed by atoms with Crippen molar-refractivity contribution in [2.45, 2.75) is 18.7 Å². The van der Waals surface area contributed by atoms with Gasteiger partial charge in [0.2, 0.25) is 0 Å². The highest BCUT2D eigenvalue weighted by atomic mass is 79.9. The lowest BCUT2D eigenvalue weighted by Gasteiger charge is -2.09. The van der Waals surface area contributed by atoms with Gasteiger partial charge in [0.15, 0.2) is 0 Å². The second-order valence-corrected chi connectivity index (χ2v) is 7.31. The van der Waals surface area contributed by atoms with Crippen LogP contribution in [0.15, 0.2) is 28.1 Å². The molecule has 0 radical (unpaired) electrons. The minimum absolute atomic E-state index is 0.0851. The van der Waals surface area contributed by atoms with E-state index in [2.05, 4.69) is 37.9 Å². The van der Waals surface area contributed by atoms with Crippen LogP contribution in [0, 0.1) is 19.7 Å². The maximum Gasteiger partial charge on any atom is 0.128 e. The van der Waals surface area contributed by atoms with Crippen LogP contribution in [0.3, 0.4) is 0 Å². The number of thiophene rings is 1. The highest BCUT2D eigenvalue weighted by Gasteiger charge is 2.17. The van der Waals surface area contributed by atoms with Crippen molar-refractivity contribution in [2.24, 2.45) is 0 Å². The van der Waals surface area contributed by atoms with Gasteiger partial charge in [-0.3, -0.25) is 0 Å². The van der Waals surface area contributed by atoms with Crippen LogP contribution >= 0.6 is 43.2 Å². The Labute approximate surface area is 121 Å². The highest BCUT2D eigenvalue weighted by Crippen LogP contribution is 2.39. The fourth-order valence-electron chi connectivity index (χ4n) is 1.60. The summed E-state index contributed by atoms with van der Waals surface area (Å²) in [5, 5.41) is 0. The third-order valence-corrected chi connectivity index (χ3v) is 6.05. The molecule has 90 valence electrons. The monoisotopic (exact) mass is 376 g/mol. The number of alkyl halides is 1. The van der Waals surface area contributed by atoms with Crippen molar-refractivity contribution >= 4 is 43.2 Å². The van der Waals surface area contributed by atoms with E-state index in [0.29, 0.717) is 5.56 Å². The maximum atomic E-state index is 13.9. The van der Waals surface area contributed by atoms with Crippen molar-refractivity contribution in [3.05, 3.63) is 55.4 Å². The normalized spacial score (nSPS) is 12.8. The topological polar surface area (TPSA) is 0 Å². The summed E-state index contributed by atoms with van der Waals surface area (Å²) in [5.41, 5.74) is 2.81. The first-order chi connectivity index (χ1) is 7.99. The molecule has 0 fully saturated rings. The Bertz CT molecular complexity index is 529. The second-order valence-electron chi connectivity index (χ2n) is 3.99. The molecule has 0 bridgehead atoms. The van der Waals surface area contributed by atoms with Gasteiger partial charge < -0.3 is 0 Å². The van der Waals surface area contributed by atoms with Crippen LogP contribution in [-0.2, 0) is 0 Å². The third kappa shape index (κ3) is 2.80. The average molecular weight is 378 g/mol. The van der Waals surface area contributed by atoms with E-state index in [9.17, 15) is 4.39 Å². The van der Waals surface area contributed by atoms with E-state index >= 15 is 0 Å². The predicted molar refractivity (Wildman–Crippen MR) is 78.7 cm³/mol. The van der Waals surface area contributed by atoms with Crippen molar-refractivity contribution < 1.29 is 4.39 Å². The van der Waals surface area contributed by atoms with E-state index < -0.39 is 0 Å². The van der Waals surface area contributed by atoms with E-state index in [1.54, 1.807) is 17.4 Å². The van der Waals surface area contributed by atoms with Crippen LogP contribution in [0.5, 0.6) is 0 Å². The molecular weight excluding hydrogens is 367 g/mol. The maximum absolute atomic E-state index is 13.9. The van der Waals surface area contributed by atoms with Gasteiger partial charge in [-0.25, -0.2) is 4.39 Å². The van der Waals surface area contributed by atoms with Gasteiger partial charge in [0.25, 0.3) is 0 Å². The standard InChI is InChI=1S/C13H11Br2FS/c1-7-3-4-9(10(16)5-7)12(14)11-6-8(2)13(15)17-11/h3-6,12H,1-2H3. The Hall–Kier alpha value is -0.190. The summed E-state index contributed by atoms with van der Waals surface area (Å²) < 4.78 is 15.0. The van der Waals surface area contributed by atoms with E-state index in [1.165, 1.54) is 5.56 Å². The third-order valence-electron chi connectivity index (χ3n) is 2.56. The van der Waals surface area contributed by atoms with Crippen molar-refractivity contribution in [3.63, 3.8) is 0 Å². The molecule has 1 atom stereocenters. The molecule has 0 aliphatic carbocycles. The first-order valence-electron chi connectivity index (χ1n) is 5.15. The number of halogens is 3. The summed E-state index contributed by atoms with van der Waals surface area (Å²) in [7, 11) is 0. The second kappa shape index (κ2) is 5.21. The van der Waals surface area contributed by atoms with Gasteiger partial charge in [-0.1, -0.05) is 28.1 Å². The van der Waals surface area contributed by atoms with Gasteiger partial charge in [-0.2, -0.15) is 0 Å². The Balaban J connectivity index is 2.39. The zero-order valence-corrected chi connectivity index (χ0v) is 13.4. The molecule has 1 heterocycles. The molecule has 0 amide bonds. The molecule has 1 aromatic carbocycles. The van der Waals surface area contributed by atoms with Crippen LogP contribution in [0.25, 0.3) is 0 Å². The summed E-state index contributed by atoms with van der Waals surface area (Å²) in [6, 6.07) is 7.42. The lowest BCUT2D eigenvalue weighted by atomic mass is 10.1. The molecule has 0 nitrogen and oxygen atoms in total. The number of benzene rings is 1. The number of aryl methyl sites for hydroxylation is 2. The molecule has 2 aromatic rings. The Morgan fingerprint density at radius 3 is 2.47 bits per heavy atom. The molecule has 17 heavy (non-hydrogen) atoms. The van der Waals surface area contributed by atoms with E-state index in [4.69, 9.17) is 0 Å². The zero-order chi connectivity index (χ0) is 12.6. The number of rotatable bonds is 2. The number of hydrogen-bond acceptors (Lipinski definition) is 1. The lowest BCUT2D eigenvalue weighted by Crippen LogP contribution is -1.94. The van der Waals surface area contributed by atoms with Gasteiger partial charge >= 0.3 is 0 Å². The van der Waals surface area contributed by atoms with E-state index in [1.807, 2.05) is 26.0 Å². The summed E-state index contributed by atoms with van der Waals surface area (Å²) in [6.45, 7) is 3.93. The van der Waals surface area contributed by atoms with Crippen LogP contribution in [0.4, 0.5) is 4.39 Å². The Morgan fingerprint density at radius 2 is 1.94 bits per heavy atom. The van der Waals surface area contributed by atoms with Crippen LogP contribution < -0.4 is 0 Å². The Kier molecular flexibility index (Phi) is 4.06. The van der Waals surface area contributed by atoms with Gasteiger partial charge in [0.1, 0.15) is 5.82 Å². The van der Waals surface area contributed by atoms with Crippen molar-refractivity contribution in [2.75, 3.05) is 0 Å².